The predicted octanol–water partition coefficient (Wildman–Crippen LogP) is 2.25. The molecule has 0 spiro atoms. The average molecular weight is 461 g/mol. The van der Waals surface area contributed by atoms with Gasteiger partial charge in [-0.15, -0.1) is 0 Å². The summed E-state index contributed by atoms with van der Waals surface area (Å²) in [5, 5.41) is 13.0. The van der Waals surface area contributed by atoms with Crippen LogP contribution in [0.15, 0.2) is 42.5 Å². The van der Waals surface area contributed by atoms with Crippen LogP contribution in [-0.4, -0.2) is 68.4 Å². The Morgan fingerprint density at radius 1 is 1.15 bits per heavy atom. The Morgan fingerprint density at radius 3 is 2.45 bits per heavy atom. The summed E-state index contributed by atoms with van der Waals surface area (Å²) in [5.74, 6) is 0.0550. The van der Waals surface area contributed by atoms with Crippen molar-refractivity contribution in [2.75, 3.05) is 40.5 Å². The lowest BCUT2D eigenvalue weighted by atomic mass is 9.96. The second-order valence-corrected chi connectivity index (χ2v) is 7.80. The summed E-state index contributed by atoms with van der Waals surface area (Å²) in [5.41, 5.74) is 0.386. The van der Waals surface area contributed by atoms with E-state index in [0.717, 1.165) is 0 Å². The molecule has 9 heteroatoms. The number of nitrogens with zero attached hydrogens (tertiary/aromatic N) is 1. The number of likely N-dealkylation sites (tertiary alicyclic amines) is 1. The highest BCUT2D eigenvalue weighted by molar-refractivity contribution is 5.94. The maximum atomic E-state index is 13.1. The Hall–Kier alpha value is -3.33. The number of carbonyl (C=O) groups is 2. The van der Waals surface area contributed by atoms with Crippen molar-refractivity contribution in [1.82, 2.24) is 10.2 Å². The highest BCUT2D eigenvalue weighted by Crippen LogP contribution is 2.36. The molecule has 0 aliphatic carbocycles. The second kappa shape index (κ2) is 11.5. The van der Waals surface area contributed by atoms with Gasteiger partial charge in [-0.2, -0.15) is 0 Å². The van der Waals surface area contributed by atoms with Crippen molar-refractivity contribution in [1.29, 1.82) is 0 Å². The maximum Gasteiger partial charge on any atom is 0.253 e. The SMILES string of the molecule is COc1cccc(OC)c1OCC(O)CNC(=O)C1CCCN(C(=O)c2ccc(F)cc2)C1. The summed E-state index contributed by atoms with van der Waals surface area (Å²) < 4.78 is 29.3. The number of piperidine rings is 1. The zero-order chi connectivity index (χ0) is 23.8. The van der Waals surface area contributed by atoms with Crippen molar-refractivity contribution >= 4 is 11.8 Å². The second-order valence-electron chi connectivity index (χ2n) is 7.80. The number of carbonyl (C=O) groups excluding carboxylic acids is 2. The molecule has 1 saturated heterocycles. The molecule has 33 heavy (non-hydrogen) atoms. The van der Waals surface area contributed by atoms with Gasteiger partial charge in [-0.3, -0.25) is 9.59 Å². The molecule has 0 aromatic heterocycles. The van der Waals surface area contributed by atoms with Crippen molar-refractivity contribution in [3.8, 4) is 17.2 Å². The highest BCUT2D eigenvalue weighted by atomic mass is 19.1. The number of aliphatic hydroxyl groups is 1. The van der Waals surface area contributed by atoms with Gasteiger partial charge in [-0.1, -0.05) is 6.07 Å². The Balaban J connectivity index is 1.49. The van der Waals surface area contributed by atoms with Crippen LogP contribution in [0.25, 0.3) is 0 Å². The first-order chi connectivity index (χ1) is 15.9. The fourth-order valence-corrected chi connectivity index (χ4v) is 3.71. The van der Waals surface area contributed by atoms with Gasteiger partial charge in [0, 0.05) is 25.2 Å². The first kappa shape index (κ1) is 24.3. The summed E-state index contributed by atoms with van der Waals surface area (Å²) in [6.07, 6.45) is 0.373. The molecule has 0 radical (unpaired) electrons. The van der Waals surface area contributed by atoms with E-state index in [0.29, 0.717) is 42.2 Å². The van der Waals surface area contributed by atoms with E-state index in [1.54, 1.807) is 23.1 Å². The van der Waals surface area contributed by atoms with E-state index in [1.807, 2.05) is 0 Å². The minimum Gasteiger partial charge on any atom is -0.493 e. The van der Waals surface area contributed by atoms with Crippen molar-refractivity contribution in [3.63, 3.8) is 0 Å². The van der Waals surface area contributed by atoms with E-state index in [4.69, 9.17) is 14.2 Å². The minimum absolute atomic E-state index is 0.00128. The van der Waals surface area contributed by atoms with Crippen molar-refractivity contribution < 1.29 is 33.3 Å². The molecule has 2 amide bonds. The number of aliphatic hydroxyl groups excluding tert-OH is 1. The molecule has 3 rings (SSSR count). The van der Waals surface area contributed by atoms with E-state index in [9.17, 15) is 19.1 Å². The standard InChI is InChI=1S/C24H29FN2O6/c1-31-20-6-3-7-21(32-2)22(20)33-15-19(28)13-26-23(29)17-5-4-12-27(14-17)24(30)16-8-10-18(25)11-9-16/h3,6-11,17,19,28H,4-5,12-15H2,1-2H3,(H,26,29). The molecule has 1 aliphatic heterocycles. The molecule has 2 aromatic carbocycles. The molecule has 1 aliphatic rings. The van der Waals surface area contributed by atoms with E-state index in [1.165, 1.54) is 38.5 Å². The number of amides is 2. The maximum absolute atomic E-state index is 13.1. The summed E-state index contributed by atoms with van der Waals surface area (Å²) in [6, 6.07) is 10.6. The van der Waals surface area contributed by atoms with E-state index in [-0.39, 0.29) is 37.4 Å². The van der Waals surface area contributed by atoms with E-state index in [2.05, 4.69) is 5.32 Å². The van der Waals surface area contributed by atoms with Gasteiger partial charge in [0.25, 0.3) is 5.91 Å². The van der Waals surface area contributed by atoms with Crippen LogP contribution < -0.4 is 19.5 Å². The number of ether oxygens (including phenoxy) is 3. The molecule has 2 N–H and O–H groups in total. The van der Waals surface area contributed by atoms with Gasteiger partial charge in [-0.25, -0.2) is 4.39 Å². The predicted molar refractivity (Wildman–Crippen MR) is 119 cm³/mol. The van der Waals surface area contributed by atoms with E-state index >= 15 is 0 Å². The van der Waals surface area contributed by atoms with Gasteiger partial charge < -0.3 is 29.5 Å². The number of nitrogens with one attached hydrogen (secondary N) is 1. The number of hydrogen-bond acceptors (Lipinski definition) is 6. The van der Waals surface area contributed by atoms with Gasteiger partial charge in [-0.05, 0) is 49.2 Å². The number of para-hydroxylation sites is 1. The zero-order valence-electron chi connectivity index (χ0n) is 18.8. The lowest BCUT2D eigenvalue weighted by molar-refractivity contribution is -0.126. The normalized spacial score (nSPS) is 16.6. The average Bonchev–Trinajstić information content (AvgIpc) is 2.85. The molecule has 2 aromatic rings. The fraction of sp³-hybridized carbons (Fsp3) is 0.417. The molecule has 8 nitrogen and oxygen atoms in total. The van der Waals surface area contributed by atoms with Crippen LogP contribution in [0.4, 0.5) is 4.39 Å². The van der Waals surface area contributed by atoms with Crippen molar-refractivity contribution in [3.05, 3.63) is 53.8 Å². The van der Waals surface area contributed by atoms with Crippen LogP contribution in [0.1, 0.15) is 23.2 Å². The molecule has 1 fully saturated rings. The van der Waals surface area contributed by atoms with Gasteiger partial charge in [0.05, 0.1) is 20.1 Å². The minimum atomic E-state index is -0.955. The highest BCUT2D eigenvalue weighted by Gasteiger charge is 2.29. The Bertz CT molecular complexity index is 930. The summed E-state index contributed by atoms with van der Waals surface area (Å²) in [4.78, 5) is 26.9. The van der Waals surface area contributed by atoms with Crippen molar-refractivity contribution in [2.24, 2.45) is 5.92 Å². The number of hydrogen-bond donors (Lipinski definition) is 2. The molecule has 2 atom stereocenters. The van der Waals surface area contributed by atoms with Gasteiger partial charge in [0.15, 0.2) is 11.5 Å². The van der Waals surface area contributed by atoms with Gasteiger partial charge in [0.2, 0.25) is 11.7 Å². The van der Waals surface area contributed by atoms with Crippen LogP contribution in [0.2, 0.25) is 0 Å². The molecular formula is C24H29FN2O6. The summed E-state index contributed by atoms with van der Waals surface area (Å²) in [6.45, 7) is 0.736. The molecule has 178 valence electrons. The molecule has 0 saturated carbocycles. The van der Waals surface area contributed by atoms with Crippen LogP contribution in [-0.2, 0) is 4.79 Å². The Kier molecular flexibility index (Phi) is 8.48. The van der Waals surface area contributed by atoms with Gasteiger partial charge in [0.1, 0.15) is 18.5 Å². The summed E-state index contributed by atoms with van der Waals surface area (Å²) in [7, 11) is 3.01. The van der Waals surface area contributed by atoms with Crippen LogP contribution in [0, 0.1) is 11.7 Å². The Morgan fingerprint density at radius 2 is 1.82 bits per heavy atom. The third-order valence-electron chi connectivity index (χ3n) is 5.49. The summed E-state index contributed by atoms with van der Waals surface area (Å²) >= 11 is 0. The molecule has 0 bridgehead atoms. The number of halogens is 1. The fourth-order valence-electron chi connectivity index (χ4n) is 3.71. The number of rotatable bonds is 9. The smallest absolute Gasteiger partial charge is 0.253 e. The quantitative estimate of drug-likeness (QED) is 0.596. The lowest BCUT2D eigenvalue weighted by Gasteiger charge is -2.32. The monoisotopic (exact) mass is 460 g/mol. The van der Waals surface area contributed by atoms with Crippen LogP contribution in [0.3, 0.4) is 0 Å². The van der Waals surface area contributed by atoms with E-state index < -0.39 is 11.9 Å². The third-order valence-corrected chi connectivity index (χ3v) is 5.49. The first-order valence-electron chi connectivity index (χ1n) is 10.8. The number of methoxy groups -OCH3 is 2. The van der Waals surface area contributed by atoms with Crippen LogP contribution >= 0.6 is 0 Å². The number of benzene rings is 2. The zero-order valence-corrected chi connectivity index (χ0v) is 18.8. The van der Waals surface area contributed by atoms with Crippen LogP contribution in [0.5, 0.6) is 17.2 Å². The lowest BCUT2D eigenvalue weighted by Crippen LogP contribution is -2.47. The molecule has 2 unspecified atom stereocenters. The Labute approximate surface area is 192 Å². The molecule has 1 heterocycles. The molecular weight excluding hydrogens is 431 g/mol. The topological polar surface area (TPSA) is 97.3 Å². The largest absolute Gasteiger partial charge is 0.493 e. The van der Waals surface area contributed by atoms with Gasteiger partial charge >= 0.3 is 0 Å². The third kappa shape index (κ3) is 6.35. The van der Waals surface area contributed by atoms with Crippen molar-refractivity contribution in [2.45, 2.75) is 18.9 Å². The first-order valence-corrected chi connectivity index (χ1v) is 10.8.